The number of aryl methyl sites for hydroxylation is 2. The van der Waals surface area contributed by atoms with Gasteiger partial charge in [0.05, 0.1) is 25.3 Å². The minimum Gasteiger partial charge on any atom is -0.508 e. The Morgan fingerprint density at radius 2 is 1.61 bits per heavy atom. The van der Waals surface area contributed by atoms with Crippen molar-refractivity contribution in [3.63, 3.8) is 0 Å². The van der Waals surface area contributed by atoms with Gasteiger partial charge in [0.2, 0.25) is 0 Å². The number of aliphatic hydroxyl groups is 1. The normalized spacial score (nSPS) is 17.1. The molecule has 0 spiro atoms. The average molecular weight is 516 g/mol. The third kappa shape index (κ3) is 5.23. The standard InChI is InChI=1S/C31H33NO6/c1-18-16-25(37-6)19(2)15-23(18)28(34)26-27(20-11-13-22(33)14-12-20)32(30(36)29(26)35)17-21-9-7-8-10-24(21)38-31(3,4)5/h7-16,27,33-34H,17H2,1-6H3/b28-26+. The van der Waals surface area contributed by atoms with Gasteiger partial charge in [-0.25, -0.2) is 0 Å². The maximum Gasteiger partial charge on any atom is 0.295 e. The van der Waals surface area contributed by atoms with Gasteiger partial charge in [-0.2, -0.15) is 0 Å². The highest BCUT2D eigenvalue weighted by Crippen LogP contribution is 2.42. The summed E-state index contributed by atoms with van der Waals surface area (Å²) in [5, 5.41) is 21.4. The van der Waals surface area contributed by atoms with Crippen molar-refractivity contribution in [1.29, 1.82) is 0 Å². The van der Waals surface area contributed by atoms with Gasteiger partial charge in [-0.3, -0.25) is 9.59 Å². The van der Waals surface area contributed by atoms with Crippen molar-refractivity contribution < 1.29 is 29.3 Å². The van der Waals surface area contributed by atoms with Gasteiger partial charge >= 0.3 is 0 Å². The summed E-state index contributed by atoms with van der Waals surface area (Å²) >= 11 is 0. The average Bonchev–Trinajstić information content (AvgIpc) is 3.10. The van der Waals surface area contributed by atoms with Gasteiger partial charge in [-0.15, -0.1) is 0 Å². The molecular weight excluding hydrogens is 482 g/mol. The van der Waals surface area contributed by atoms with E-state index in [2.05, 4.69) is 0 Å². The number of phenols is 1. The van der Waals surface area contributed by atoms with Gasteiger partial charge in [-0.1, -0.05) is 30.3 Å². The number of likely N-dealkylation sites (tertiary alicyclic amines) is 1. The lowest BCUT2D eigenvalue weighted by molar-refractivity contribution is -0.140. The Bertz CT molecular complexity index is 1420. The maximum atomic E-state index is 13.5. The number of hydrogen-bond acceptors (Lipinski definition) is 6. The molecule has 1 fully saturated rings. The number of aromatic hydroxyl groups is 1. The van der Waals surface area contributed by atoms with E-state index in [1.807, 2.05) is 58.9 Å². The molecule has 0 radical (unpaired) electrons. The molecule has 1 saturated heterocycles. The van der Waals surface area contributed by atoms with Crippen molar-refractivity contribution in [2.24, 2.45) is 0 Å². The molecule has 1 aliphatic heterocycles. The molecule has 1 aliphatic rings. The van der Waals surface area contributed by atoms with E-state index in [1.165, 1.54) is 17.0 Å². The van der Waals surface area contributed by atoms with Crippen LogP contribution in [-0.2, 0) is 16.1 Å². The predicted molar refractivity (Wildman–Crippen MR) is 145 cm³/mol. The van der Waals surface area contributed by atoms with Crippen LogP contribution in [0.1, 0.15) is 54.6 Å². The highest BCUT2D eigenvalue weighted by Gasteiger charge is 2.46. The lowest BCUT2D eigenvalue weighted by Crippen LogP contribution is -2.30. The first-order valence-corrected chi connectivity index (χ1v) is 12.4. The summed E-state index contributed by atoms with van der Waals surface area (Å²) in [7, 11) is 1.57. The summed E-state index contributed by atoms with van der Waals surface area (Å²) in [6, 6.07) is 16.3. The van der Waals surface area contributed by atoms with Crippen molar-refractivity contribution in [3.05, 3.63) is 94.1 Å². The first-order valence-electron chi connectivity index (χ1n) is 12.4. The Balaban J connectivity index is 1.88. The molecule has 1 amide bonds. The fourth-order valence-electron chi connectivity index (χ4n) is 4.70. The second kappa shape index (κ2) is 10.2. The lowest BCUT2D eigenvalue weighted by atomic mass is 9.93. The fraction of sp³-hybridized carbons (Fsp3) is 0.290. The zero-order valence-corrected chi connectivity index (χ0v) is 22.5. The first-order chi connectivity index (χ1) is 17.9. The Kier molecular flexibility index (Phi) is 7.22. The van der Waals surface area contributed by atoms with Gasteiger partial charge in [0, 0.05) is 11.1 Å². The van der Waals surface area contributed by atoms with Crippen molar-refractivity contribution >= 4 is 17.4 Å². The van der Waals surface area contributed by atoms with Crippen LogP contribution < -0.4 is 9.47 Å². The molecule has 1 atom stereocenters. The zero-order chi connectivity index (χ0) is 27.8. The molecule has 0 bridgehead atoms. The van der Waals surface area contributed by atoms with Crippen LogP contribution in [0.4, 0.5) is 0 Å². The number of ketones is 1. The molecule has 198 valence electrons. The number of aliphatic hydroxyl groups excluding tert-OH is 1. The minimum absolute atomic E-state index is 0.0115. The van der Waals surface area contributed by atoms with E-state index >= 15 is 0 Å². The Morgan fingerprint density at radius 1 is 0.947 bits per heavy atom. The number of benzene rings is 3. The summed E-state index contributed by atoms with van der Waals surface area (Å²) in [4.78, 5) is 28.4. The zero-order valence-electron chi connectivity index (χ0n) is 22.5. The Hall–Kier alpha value is -4.26. The largest absolute Gasteiger partial charge is 0.508 e. The molecule has 0 aromatic heterocycles. The van der Waals surface area contributed by atoms with Gasteiger partial charge < -0.3 is 24.6 Å². The van der Waals surface area contributed by atoms with E-state index in [4.69, 9.17) is 9.47 Å². The van der Waals surface area contributed by atoms with Crippen molar-refractivity contribution in [3.8, 4) is 17.2 Å². The van der Waals surface area contributed by atoms with Crippen LogP contribution in [0.3, 0.4) is 0 Å². The molecule has 0 saturated carbocycles. The first kappa shape index (κ1) is 26.8. The number of phenolic OH excluding ortho intramolecular Hbond substituents is 1. The SMILES string of the molecule is COc1cc(C)c(/C(O)=C2\C(=O)C(=O)N(Cc3ccccc3OC(C)(C)C)C2c2ccc(O)cc2)cc1C. The molecule has 3 aromatic rings. The summed E-state index contributed by atoms with van der Waals surface area (Å²) in [6.45, 7) is 9.54. The van der Waals surface area contributed by atoms with Crippen molar-refractivity contribution in [1.82, 2.24) is 4.90 Å². The Morgan fingerprint density at radius 3 is 2.24 bits per heavy atom. The molecule has 2 N–H and O–H groups in total. The van der Waals surface area contributed by atoms with Crippen molar-refractivity contribution in [2.45, 2.75) is 52.8 Å². The van der Waals surface area contributed by atoms with E-state index < -0.39 is 23.3 Å². The number of methoxy groups -OCH3 is 1. The molecular formula is C31H33NO6. The number of ether oxygens (including phenoxy) is 2. The number of amides is 1. The third-order valence-corrected chi connectivity index (χ3v) is 6.48. The highest BCUT2D eigenvalue weighted by atomic mass is 16.5. The van der Waals surface area contributed by atoms with Crippen molar-refractivity contribution in [2.75, 3.05) is 7.11 Å². The highest BCUT2D eigenvalue weighted by molar-refractivity contribution is 6.46. The van der Waals surface area contributed by atoms with E-state index in [1.54, 1.807) is 31.4 Å². The minimum atomic E-state index is -0.875. The molecule has 0 aliphatic carbocycles. The number of Topliss-reactive ketones (excluding diaryl/α,β-unsaturated/α-hetero) is 1. The van der Waals surface area contributed by atoms with Crippen LogP contribution >= 0.6 is 0 Å². The molecule has 7 heteroatoms. The number of carbonyl (C=O) groups is 2. The molecule has 4 rings (SSSR count). The summed E-state index contributed by atoms with van der Waals surface area (Å²) in [5.74, 6) is -0.443. The van der Waals surface area contributed by atoms with Crippen LogP contribution in [-0.4, -0.2) is 39.5 Å². The van der Waals surface area contributed by atoms with E-state index in [-0.39, 0.29) is 23.6 Å². The quantitative estimate of drug-likeness (QED) is 0.244. The summed E-state index contributed by atoms with van der Waals surface area (Å²) in [5.41, 5.74) is 2.76. The van der Waals surface area contributed by atoms with Crippen LogP contribution in [0.2, 0.25) is 0 Å². The summed E-state index contributed by atoms with van der Waals surface area (Å²) in [6.07, 6.45) is 0. The molecule has 38 heavy (non-hydrogen) atoms. The smallest absolute Gasteiger partial charge is 0.295 e. The number of nitrogens with zero attached hydrogens (tertiary/aromatic N) is 1. The predicted octanol–water partition coefficient (Wildman–Crippen LogP) is 5.82. The second-order valence-corrected chi connectivity index (χ2v) is 10.5. The summed E-state index contributed by atoms with van der Waals surface area (Å²) < 4.78 is 11.5. The second-order valence-electron chi connectivity index (χ2n) is 10.5. The van der Waals surface area contributed by atoms with Gasteiger partial charge in [0.15, 0.2) is 0 Å². The van der Waals surface area contributed by atoms with E-state index in [0.29, 0.717) is 28.2 Å². The maximum absolute atomic E-state index is 13.5. The molecule has 1 unspecified atom stereocenters. The number of carbonyl (C=O) groups excluding carboxylic acids is 2. The fourth-order valence-corrected chi connectivity index (χ4v) is 4.70. The van der Waals surface area contributed by atoms with Gasteiger partial charge in [0.1, 0.15) is 28.6 Å². The van der Waals surface area contributed by atoms with Crippen LogP contribution in [0.25, 0.3) is 5.76 Å². The van der Waals surface area contributed by atoms with Gasteiger partial charge in [-0.05, 0) is 81.6 Å². The monoisotopic (exact) mass is 515 g/mol. The van der Waals surface area contributed by atoms with E-state index in [0.717, 1.165) is 11.1 Å². The lowest BCUT2D eigenvalue weighted by Gasteiger charge is -2.28. The van der Waals surface area contributed by atoms with Gasteiger partial charge in [0.25, 0.3) is 11.7 Å². The Labute approximate surface area is 222 Å². The number of hydrogen-bond donors (Lipinski definition) is 2. The molecule has 3 aromatic carbocycles. The molecule has 1 heterocycles. The van der Waals surface area contributed by atoms with Crippen LogP contribution in [0.15, 0.2) is 66.2 Å². The number of para-hydroxylation sites is 1. The van der Waals surface area contributed by atoms with Crippen LogP contribution in [0, 0.1) is 13.8 Å². The van der Waals surface area contributed by atoms with E-state index in [9.17, 15) is 19.8 Å². The molecule has 7 nitrogen and oxygen atoms in total. The third-order valence-electron chi connectivity index (χ3n) is 6.48. The topological polar surface area (TPSA) is 96.3 Å². The number of rotatable bonds is 6. The van der Waals surface area contributed by atoms with Crippen LogP contribution in [0.5, 0.6) is 17.2 Å².